The second-order valence-electron chi connectivity index (χ2n) is 6.71. The molecule has 1 aromatic carbocycles. The highest BCUT2D eigenvalue weighted by molar-refractivity contribution is 8.00. The molecule has 4 rings (SSSR count). The second kappa shape index (κ2) is 8.60. The SMILES string of the molecule is Cc1ccc(-n2nccn2)c(C(=O)N2CCSC(COc3ccc(F)cn3)C2)c1. The smallest absolute Gasteiger partial charge is 0.256 e. The quantitative estimate of drug-likeness (QED) is 0.640. The number of benzene rings is 1. The van der Waals surface area contributed by atoms with Crippen molar-refractivity contribution in [2.75, 3.05) is 25.4 Å². The van der Waals surface area contributed by atoms with Crippen LogP contribution in [0.15, 0.2) is 48.9 Å². The number of nitrogens with zero attached hydrogens (tertiary/aromatic N) is 5. The molecule has 29 heavy (non-hydrogen) atoms. The largest absolute Gasteiger partial charge is 0.476 e. The van der Waals surface area contributed by atoms with Crippen LogP contribution >= 0.6 is 11.8 Å². The van der Waals surface area contributed by atoms with Crippen LogP contribution in [0.4, 0.5) is 4.39 Å². The zero-order chi connectivity index (χ0) is 20.2. The summed E-state index contributed by atoms with van der Waals surface area (Å²) in [7, 11) is 0. The fourth-order valence-electron chi connectivity index (χ4n) is 3.14. The maximum atomic E-state index is 13.3. The number of thioether (sulfide) groups is 1. The van der Waals surface area contributed by atoms with Crippen molar-refractivity contribution in [3.8, 4) is 11.6 Å². The number of ether oxygens (including phenoxy) is 1. The van der Waals surface area contributed by atoms with Gasteiger partial charge in [-0.25, -0.2) is 9.37 Å². The standard InChI is InChI=1S/C20H20FN5O2S/c1-14-2-4-18(26-23-6-7-24-26)17(10-14)20(27)25-8-9-29-16(12-25)13-28-19-5-3-15(21)11-22-19/h2-7,10-11,16H,8-9,12-13H2,1H3. The Balaban J connectivity index is 1.46. The van der Waals surface area contributed by atoms with E-state index in [0.29, 0.717) is 36.8 Å². The highest BCUT2D eigenvalue weighted by atomic mass is 32.2. The Hall–Kier alpha value is -2.94. The Morgan fingerprint density at radius 3 is 2.86 bits per heavy atom. The zero-order valence-electron chi connectivity index (χ0n) is 15.9. The van der Waals surface area contributed by atoms with Crippen LogP contribution < -0.4 is 4.74 Å². The summed E-state index contributed by atoms with van der Waals surface area (Å²) >= 11 is 1.76. The van der Waals surface area contributed by atoms with Crippen LogP contribution in [0.1, 0.15) is 15.9 Å². The fraction of sp³-hybridized carbons (Fsp3) is 0.300. The van der Waals surface area contributed by atoms with E-state index in [1.54, 1.807) is 24.2 Å². The molecule has 1 amide bonds. The summed E-state index contributed by atoms with van der Waals surface area (Å²) in [6, 6.07) is 8.49. The first-order chi connectivity index (χ1) is 14.1. The number of carbonyl (C=O) groups is 1. The number of halogens is 1. The highest BCUT2D eigenvalue weighted by Gasteiger charge is 2.27. The van der Waals surface area contributed by atoms with E-state index in [1.165, 1.54) is 16.9 Å². The van der Waals surface area contributed by atoms with Gasteiger partial charge in [-0.15, -0.1) is 0 Å². The third kappa shape index (κ3) is 4.56. The number of carbonyl (C=O) groups excluding carboxylic acids is 1. The number of aryl methyl sites for hydroxylation is 1. The summed E-state index contributed by atoms with van der Waals surface area (Å²) in [4.78, 5) is 20.5. The first kappa shape index (κ1) is 19.4. The summed E-state index contributed by atoms with van der Waals surface area (Å²) < 4.78 is 18.6. The van der Waals surface area contributed by atoms with E-state index in [-0.39, 0.29) is 11.2 Å². The predicted molar refractivity (Wildman–Crippen MR) is 108 cm³/mol. The van der Waals surface area contributed by atoms with Gasteiger partial charge in [0.1, 0.15) is 12.4 Å². The van der Waals surface area contributed by atoms with Crippen LogP contribution in [-0.2, 0) is 0 Å². The Morgan fingerprint density at radius 2 is 2.10 bits per heavy atom. The maximum absolute atomic E-state index is 13.3. The normalized spacial score (nSPS) is 16.6. The van der Waals surface area contributed by atoms with Gasteiger partial charge in [0.05, 0.1) is 35.1 Å². The topological polar surface area (TPSA) is 73.1 Å². The van der Waals surface area contributed by atoms with Crippen LogP contribution in [0.2, 0.25) is 0 Å². The van der Waals surface area contributed by atoms with Crippen LogP contribution in [0.25, 0.3) is 5.69 Å². The predicted octanol–water partition coefficient (Wildman–Crippen LogP) is 2.75. The van der Waals surface area contributed by atoms with Gasteiger partial charge in [-0.05, 0) is 25.1 Å². The summed E-state index contributed by atoms with van der Waals surface area (Å²) in [6.07, 6.45) is 4.30. The molecule has 0 spiro atoms. The maximum Gasteiger partial charge on any atom is 0.256 e. The molecule has 9 heteroatoms. The Morgan fingerprint density at radius 1 is 1.28 bits per heavy atom. The zero-order valence-corrected chi connectivity index (χ0v) is 16.7. The Kier molecular flexibility index (Phi) is 5.75. The van der Waals surface area contributed by atoms with E-state index in [4.69, 9.17) is 4.74 Å². The molecule has 3 aromatic rings. The number of hydrogen-bond donors (Lipinski definition) is 0. The molecule has 0 aliphatic carbocycles. The van der Waals surface area contributed by atoms with E-state index >= 15 is 0 Å². The molecule has 1 aliphatic rings. The van der Waals surface area contributed by atoms with E-state index in [2.05, 4.69) is 15.2 Å². The first-order valence-electron chi connectivity index (χ1n) is 9.23. The molecule has 3 heterocycles. The minimum Gasteiger partial charge on any atom is -0.476 e. The number of amides is 1. The number of aromatic nitrogens is 4. The molecule has 2 aromatic heterocycles. The number of pyridine rings is 1. The van der Waals surface area contributed by atoms with Crippen LogP contribution in [-0.4, -0.2) is 61.5 Å². The molecule has 1 atom stereocenters. The van der Waals surface area contributed by atoms with Crippen molar-refractivity contribution in [1.29, 1.82) is 0 Å². The number of hydrogen-bond acceptors (Lipinski definition) is 6. The van der Waals surface area contributed by atoms with Crippen LogP contribution in [0.3, 0.4) is 0 Å². The monoisotopic (exact) mass is 413 g/mol. The third-order valence-electron chi connectivity index (χ3n) is 4.56. The molecule has 0 N–H and O–H groups in total. The molecule has 150 valence electrons. The lowest BCUT2D eigenvalue weighted by molar-refractivity contribution is 0.0754. The third-order valence-corrected chi connectivity index (χ3v) is 5.73. The molecule has 1 unspecified atom stereocenters. The molecule has 7 nitrogen and oxygen atoms in total. The van der Waals surface area contributed by atoms with Gasteiger partial charge >= 0.3 is 0 Å². The van der Waals surface area contributed by atoms with Gasteiger partial charge < -0.3 is 9.64 Å². The van der Waals surface area contributed by atoms with Crippen molar-refractivity contribution in [2.45, 2.75) is 12.2 Å². The van der Waals surface area contributed by atoms with Gasteiger partial charge in [0, 0.05) is 24.9 Å². The number of rotatable bonds is 5. The van der Waals surface area contributed by atoms with Gasteiger partial charge in [0.25, 0.3) is 5.91 Å². The minimum absolute atomic E-state index is 0.0498. The van der Waals surface area contributed by atoms with Gasteiger partial charge in [0.2, 0.25) is 5.88 Å². The van der Waals surface area contributed by atoms with E-state index in [9.17, 15) is 9.18 Å². The summed E-state index contributed by atoms with van der Waals surface area (Å²) in [5, 5.41) is 8.44. The lowest BCUT2D eigenvalue weighted by Gasteiger charge is -2.32. The molecule has 0 radical (unpaired) electrons. The van der Waals surface area contributed by atoms with Gasteiger partial charge in [-0.1, -0.05) is 11.6 Å². The van der Waals surface area contributed by atoms with Gasteiger partial charge in [-0.3, -0.25) is 4.79 Å². The molecular weight excluding hydrogens is 393 g/mol. The summed E-state index contributed by atoms with van der Waals surface area (Å²) in [5.74, 6) is 0.742. The van der Waals surface area contributed by atoms with E-state index < -0.39 is 5.82 Å². The van der Waals surface area contributed by atoms with Crippen molar-refractivity contribution < 1.29 is 13.9 Å². The van der Waals surface area contributed by atoms with E-state index in [1.807, 2.05) is 30.0 Å². The minimum atomic E-state index is -0.401. The molecule has 0 bridgehead atoms. The lowest BCUT2D eigenvalue weighted by atomic mass is 10.1. The first-order valence-corrected chi connectivity index (χ1v) is 10.3. The second-order valence-corrected chi connectivity index (χ2v) is 8.12. The van der Waals surface area contributed by atoms with Crippen molar-refractivity contribution in [3.63, 3.8) is 0 Å². The molecule has 1 fully saturated rings. The molecule has 1 saturated heterocycles. The highest BCUT2D eigenvalue weighted by Crippen LogP contribution is 2.24. The van der Waals surface area contributed by atoms with Crippen molar-refractivity contribution in [3.05, 3.63) is 65.9 Å². The van der Waals surface area contributed by atoms with Gasteiger partial charge in [-0.2, -0.15) is 26.8 Å². The van der Waals surface area contributed by atoms with Crippen LogP contribution in [0, 0.1) is 12.7 Å². The average molecular weight is 413 g/mol. The lowest BCUT2D eigenvalue weighted by Crippen LogP contribution is -2.44. The average Bonchev–Trinajstić information content (AvgIpc) is 3.28. The molecule has 0 saturated carbocycles. The van der Waals surface area contributed by atoms with Crippen molar-refractivity contribution >= 4 is 17.7 Å². The Labute approximate surface area is 171 Å². The molecule has 1 aliphatic heterocycles. The van der Waals surface area contributed by atoms with E-state index in [0.717, 1.165) is 17.5 Å². The summed E-state index contributed by atoms with van der Waals surface area (Å²) in [6.45, 7) is 3.57. The fourth-order valence-corrected chi connectivity index (χ4v) is 4.25. The van der Waals surface area contributed by atoms with Crippen LogP contribution in [0.5, 0.6) is 5.88 Å². The Bertz CT molecular complexity index is 981. The van der Waals surface area contributed by atoms with Crippen molar-refractivity contribution in [2.24, 2.45) is 0 Å². The van der Waals surface area contributed by atoms with Gasteiger partial charge in [0.15, 0.2) is 0 Å². The summed E-state index contributed by atoms with van der Waals surface area (Å²) in [5.41, 5.74) is 2.23. The van der Waals surface area contributed by atoms with Crippen molar-refractivity contribution in [1.82, 2.24) is 24.9 Å². The molecular formula is C20H20FN5O2S.